The molecule has 0 bridgehead atoms. The van der Waals surface area contributed by atoms with Gasteiger partial charge in [-0.2, -0.15) is 0 Å². The maximum atomic E-state index is 6.02. The van der Waals surface area contributed by atoms with E-state index in [-0.39, 0.29) is 0 Å². The summed E-state index contributed by atoms with van der Waals surface area (Å²) in [5, 5.41) is 1.34. The molecule has 0 unspecified atom stereocenters. The van der Waals surface area contributed by atoms with E-state index in [4.69, 9.17) is 23.2 Å². The first-order chi connectivity index (χ1) is 8.22. The van der Waals surface area contributed by atoms with Crippen LogP contribution < -0.4 is 0 Å². The molecule has 84 valence electrons. The number of hydrogen-bond donors (Lipinski definition) is 0. The molecular formula is C15H10Cl2. The minimum atomic E-state index is 0.670. The van der Waals surface area contributed by atoms with Crippen LogP contribution in [-0.2, 0) is 6.42 Å². The Balaban J connectivity index is 2.12. The first-order valence-corrected chi connectivity index (χ1v) is 6.24. The number of benzene rings is 2. The van der Waals surface area contributed by atoms with Gasteiger partial charge in [-0.3, -0.25) is 0 Å². The zero-order valence-electron chi connectivity index (χ0n) is 9.08. The molecule has 0 N–H and O–H groups in total. The summed E-state index contributed by atoms with van der Waals surface area (Å²) in [6.45, 7) is 0. The van der Waals surface area contributed by atoms with Gasteiger partial charge in [0.15, 0.2) is 0 Å². The van der Waals surface area contributed by atoms with Crippen LogP contribution in [0.15, 0.2) is 42.5 Å². The van der Waals surface area contributed by atoms with E-state index < -0.39 is 0 Å². The Morgan fingerprint density at radius 1 is 0.824 bits per heavy atom. The highest BCUT2D eigenvalue weighted by atomic mass is 35.5. The number of hydrogen-bond acceptors (Lipinski definition) is 0. The van der Waals surface area contributed by atoms with Gasteiger partial charge < -0.3 is 0 Å². The van der Waals surface area contributed by atoms with E-state index in [0.29, 0.717) is 10.0 Å². The maximum Gasteiger partial charge on any atom is 0.0426 e. The maximum absolute atomic E-state index is 6.02. The van der Waals surface area contributed by atoms with E-state index in [2.05, 4.69) is 30.4 Å². The predicted octanol–water partition coefficient (Wildman–Crippen LogP) is 5.23. The fourth-order valence-electron chi connectivity index (χ4n) is 2.15. The second-order valence-electron chi connectivity index (χ2n) is 4.18. The van der Waals surface area contributed by atoms with Crippen LogP contribution in [0.4, 0.5) is 0 Å². The normalized spacial score (nSPS) is 12.8. The molecule has 0 amide bonds. The van der Waals surface area contributed by atoms with Crippen molar-refractivity contribution in [1.82, 2.24) is 0 Å². The summed E-state index contributed by atoms with van der Waals surface area (Å²) >= 11 is 12.0. The van der Waals surface area contributed by atoms with Gasteiger partial charge in [-0.05, 0) is 52.9 Å². The molecule has 0 fully saturated rings. The molecule has 0 radical (unpaired) electrons. The molecule has 0 saturated heterocycles. The topological polar surface area (TPSA) is 0 Å². The highest BCUT2D eigenvalue weighted by Crippen LogP contribution is 2.30. The van der Waals surface area contributed by atoms with E-state index in [1.165, 1.54) is 11.1 Å². The van der Waals surface area contributed by atoms with Crippen LogP contribution in [0.3, 0.4) is 0 Å². The van der Waals surface area contributed by atoms with Gasteiger partial charge in [0.05, 0.1) is 0 Å². The van der Waals surface area contributed by atoms with E-state index >= 15 is 0 Å². The molecule has 0 heterocycles. The summed E-state index contributed by atoms with van der Waals surface area (Å²) < 4.78 is 0. The monoisotopic (exact) mass is 260 g/mol. The summed E-state index contributed by atoms with van der Waals surface area (Å²) in [5.74, 6) is 0. The lowest BCUT2D eigenvalue weighted by atomic mass is 10.0. The third-order valence-electron chi connectivity index (χ3n) is 2.98. The average molecular weight is 261 g/mol. The van der Waals surface area contributed by atoms with Crippen molar-refractivity contribution in [3.8, 4) is 11.1 Å². The van der Waals surface area contributed by atoms with Crippen molar-refractivity contribution in [3.05, 3.63) is 63.6 Å². The Bertz CT molecular complexity index is 592. The molecule has 1 aliphatic rings. The highest BCUT2D eigenvalue weighted by Gasteiger charge is 2.07. The van der Waals surface area contributed by atoms with Crippen LogP contribution in [-0.4, -0.2) is 0 Å². The Morgan fingerprint density at radius 3 is 2.35 bits per heavy atom. The first kappa shape index (κ1) is 10.9. The van der Waals surface area contributed by atoms with Gasteiger partial charge >= 0.3 is 0 Å². The number of halogens is 2. The number of allylic oxidation sites excluding steroid dienone is 1. The lowest BCUT2D eigenvalue weighted by Crippen LogP contribution is -1.84. The van der Waals surface area contributed by atoms with E-state index in [0.717, 1.165) is 17.5 Å². The molecule has 0 atom stereocenters. The van der Waals surface area contributed by atoms with E-state index in [1.54, 1.807) is 6.07 Å². The molecule has 2 heteroatoms. The summed E-state index contributed by atoms with van der Waals surface area (Å²) in [4.78, 5) is 0. The number of fused-ring (bicyclic) bond motifs is 1. The summed E-state index contributed by atoms with van der Waals surface area (Å²) in [6, 6.07) is 12.1. The van der Waals surface area contributed by atoms with Crippen molar-refractivity contribution >= 4 is 29.3 Å². The lowest BCUT2D eigenvalue weighted by molar-refractivity contribution is 1.31. The van der Waals surface area contributed by atoms with Crippen molar-refractivity contribution in [2.45, 2.75) is 6.42 Å². The van der Waals surface area contributed by atoms with Crippen LogP contribution in [0.25, 0.3) is 17.2 Å². The molecule has 17 heavy (non-hydrogen) atoms. The van der Waals surface area contributed by atoms with Crippen molar-refractivity contribution < 1.29 is 0 Å². The predicted molar refractivity (Wildman–Crippen MR) is 74.6 cm³/mol. The van der Waals surface area contributed by atoms with E-state index in [1.807, 2.05) is 12.1 Å². The highest BCUT2D eigenvalue weighted by molar-refractivity contribution is 6.35. The summed E-state index contributed by atoms with van der Waals surface area (Å²) in [7, 11) is 0. The smallest absolute Gasteiger partial charge is 0.0426 e. The first-order valence-electron chi connectivity index (χ1n) is 5.48. The van der Waals surface area contributed by atoms with Gasteiger partial charge in [0.25, 0.3) is 0 Å². The van der Waals surface area contributed by atoms with Gasteiger partial charge in [0, 0.05) is 10.0 Å². The third-order valence-corrected chi connectivity index (χ3v) is 3.41. The van der Waals surface area contributed by atoms with Gasteiger partial charge in [-0.1, -0.05) is 47.5 Å². The van der Waals surface area contributed by atoms with Gasteiger partial charge in [0.1, 0.15) is 0 Å². The molecule has 0 aliphatic heterocycles. The van der Waals surface area contributed by atoms with Crippen molar-refractivity contribution in [1.29, 1.82) is 0 Å². The molecule has 0 saturated carbocycles. The van der Waals surface area contributed by atoms with Crippen LogP contribution in [0.2, 0.25) is 10.0 Å². The largest absolute Gasteiger partial charge is 0.0843 e. The van der Waals surface area contributed by atoms with Crippen LogP contribution >= 0.6 is 23.2 Å². The van der Waals surface area contributed by atoms with Crippen molar-refractivity contribution in [2.75, 3.05) is 0 Å². The molecule has 1 aliphatic carbocycles. The third kappa shape index (κ3) is 2.11. The van der Waals surface area contributed by atoms with Crippen LogP contribution in [0.1, 0.15) is 11.1 Å². The summed E-state index contributed by atoms with van der Waals surface area (Å²) in [6.07, 6.45) is 5.37. The van der Waals surface area contributed by atoms with Crippen LogP contribution in [0.5, 0.6) is 0 Å². The molecular weight excluding hydrogens is 251 g/mol. The molecule has 3 rings (SSSR count). The lowest BCUT2D eigenvalue weighted by Gasteiger charge is -2.06. The van der Waals surface area contributed by atoms with Gasteiger partial charge in [-0.25, -0.2) is 0 Å². The minimum Gasteiger partial charge on any atom is -0.0843 e. The zero-order chi connectivity index (χ0) is 11.8. The Hall–Kier alpha value is -1.24. The Labute approximate surface area is 110 Å². The Kier molecular flexibility index (Phi) is 2.70. The summed E-state index contributed by atoms with van der Waals surface area (Å²) in [5.41, 5.74) is 4.88. The second kappa shape index (κ2) is 4.21. The standard InChI is InChI=1S/C15H10Cl2/c16-14-7-13(8-15(17)9-14)12-5-4-10-2-1-3-11(10)6-12/h1,3-9H,2H2. The zero-order valence-corrected chi connectivity index (χ0v) is 10.6. The van der Waals surface area contributed by atoms with Crippen LogP contribution in [0, 0.1) is 0 Å². The van der Waals surface area contributed by atoms with Gasteiger partial charge in [-0.15, -0.1) is 0 Å². The van der Waals surface area contributed by atoms with Gasteiger partial charge in [0.2, 0.25) is 0 Å². The second-order valence-corrected chi connectivity index (χ2v) is 5.05. The molecule has 0 aromatic heterocycles. The fraction of sp³-hybridized carbons (Fsp3) is 0.0667. The van der Waals surface area contributed by atoms with Crippen molar-refractivity contribution in [3.63, 3.8) is 0 Å². The molecule has 0 nitrogen and oxygen atoms in total. The SMILES string of the molecule is Clc1cc(Cl)cc(-c2ccc3c(c2)C=CC3)c1. The van der Waals surface area contributed by atoms with Crippen molar-refractivity contribution in [2.24, 2.45) is 0 Å². The Morgan fingerprint density at radius 2 is 1.59 bits per heavy atom. The molecule has 2 aromatic rings. The number of rotatable bonds is 1. The fourth-order valence-corrected chi connectivity index (χ4v) is 2.67. The molecule has 0 spiro atoms. The minimum absolute atomic E-state index is 0.670. The average Bonchev–Trinajstić information content (AvgIpc) is 2.74. The molecule has 2 aromatic carbocycles. The van der Waals surface area contributed by atoms with E-state index in [9.17, 15) is 0 Å². The quantitative estimate of drug-likeness (QED) is 0.659.